The van der Waals surface area contributed by atoms with Gasteiger partial charge in [-0.2, -0.15) is 0 Å². The molecule has 0 aromatic heterocycles. The van der Waals surface area contributed by atoms with E-state index in [0.717, 1.165) is 29.4 Å². The van der Waals surface area contributed by atoms with E-state index in [-0.39, 0.29) is 31.3 Å². The lowest BCUT2D eigenvalue weighted by atomic mass is 10.0. The van der Waals surface area contributed by atoms with Crippen molar-refractivity contribution in [1.29, 1.82) is 0 Å². The summed E-state index contributed by atoms with van der Waals surface area (Å²) < 4.78 is 26.5. The molecule has 0 bridgehead atoms. The maximum Gasteiger partial charge on any atom is 0.243 e. The predicted octanol–water partition coefficient (Wildman–Crippen LogP) is 5.36. The first kappa shape index (κ1) is 31.2. The van der Waals surface area contributed by atoms with Crippen LogP contribution in [0.15, 0.2) is 78.9 Å². The van der Waals surface area contributed by atoms with E-state index in [0.29, 0.717) is 30.1 Å². The number of carbonyl (C=O) groups excluding carboxylic acids is 2. The molecule has 0 aliphatic carbocycles. The highest BCUT2D eigenvalue weighted by Gasteiger charge is 2.30. The second-order valence-electron chi connectivity index (χ2n) is 9.93. The van der Waals surface area contributed by atoms with Gasteiger partial charge >= 0.3 is 0 Å². The van der Waals surface area contributed by atoms with Crippen LogP contribution in [-0.4, -0.2) is 50.5 Å². The van der Waals surface area contributed by atoms with Crippen LogP contribution < -0.4 is 9.62 Å². The summed E-state index contributed by atoms with van der Waals surface area (Å²) in [6.07, 6.45) is 2.65. The van der Waals surface area contributed by atoms with Crippen LogP contribution in [-0.2, 0) is 32.6 Å². The van der Waals surface area contributed by atoms with Gasteiger partial charge in [-0.05, 0) is 60.7 Å². The second-order valence-corrected chi connectivity index (χ2v) is 12.3. The monoisotopic (exact) mass is 583 g/mol. The molecule has 2 amide bonds. The highest BCUT2D eigenvalue weighted by atomic mass is 35.5. The largest absolute Gasteiger partial charge is 0.354 e. The van der Waals surface area contributed by atoms with Crippen molar-refractivity contribution in [3.63, 3.8) is 0 Å². The topological polar surface area (TPSA) is 86.8 Å². The summed E-state index contributed by atoms with van der Waals surface area (Å²) >= 11 is 6.23. The highest BCUT2D eigenvalue weighted by molar-refractivity contribution is 7.92. The number of benzene rings is 3. The summed E-state index contributed by atoms with van der Waals surface area (Å²) in [5.74, 6) is -0.455. The Labute approximate surface area is 243 Å². The summed E-state index contributed by atoms with van der Waals surface area (Å²) in [7, 11) is -3.56. The fourth-order valence-electron chi connectivity index (χ4n) is 4.54. The first-order valence-corrected chi connectivity index (χ1v) is 15.7. The molecule has 0 aliphatic rings. The van der Waals surface area contributed by atoms with Crippen LogP contribution in [0.3, 0.4) is 0 Å². The number of anilines is 1. The van der Waals surface area contributed by atoms with Gasteiger partial charge in [-0.25, -0.2) is 8.42 Å². The van der Waals surface area contributed by atoms with E-state index < -0.39 is 16.1 Å². The summed E-state index contributed by atoms with van der Waals surface area (Å²) in [5, 5.41) is 3.50. The fourth-order valence-corrected chi connectivity index (χ4v) is 5.71. The molecule has 3 aromatic carbocycles. The van der Waals surface area contributed by atoms with Gasteiger partial charge in [0.25, 0.3) is 0 Å². The molecule has 40 heavy (non-hydrogen) atoms. The minimum Gasteiger partial charge on any atom is -0.354 e. The van der Waals surface area contributed by atoms with Crippen molar-refractivity contribution in [2.75, 3.05) is 23.7 Å². The minimum absolute atomic E-state index is 0.0742. The molecule has 0 radical (unpaired) electrons. The summed E-state index contributed by atoms with van der Waals surface area (Å²) in [6, 6.07) is 23.4. The van der Waals surface area contributed by atoms with Crippen molar-refractivity contribution in [3.8, 4) is 0 Å². The molecule has 0 saturated heterocycles. The molecule has 3 aromatic rings. The number of nitrogens with one attached hydrogen (secondary N) is 1. The predicted molar refractivity (Wildman–Crippen MR) is 162 cm³/mol. The van der Waals surface area contributed by atoms with Crippen LogP contribution in [0, 0.1) is 6.92 Å². The molecule has 1 N–H and O–H groups in total. The maximum absolute atomic E-state index is 13.8. The number of sulfonamides is 1. The summed E-state index contributed by atoms with van der Waals surface area (Å²) in [6.45, 7) is 4.72. The quantitative estimate of drug-likeness (QED) is 0.277. The number of hydrogen-bond donors (Lipinski definition) is 1. The zero-order valence-corrected chi connectivity index (χ0v) is 24.9. The standard InChI is InChI=1S/C31H38ClN3O4S/c1-4-18-33-31(37)29(22-25-12-6-5-7-13-25)34(23-26-14-9-15-27(32)21-26)30(36)17-10-19-35(40(3,38)39)28-16-8-11-24(2)20-28/h5-9,11-16,20-21,29H,4,10,17-19,22-23H2,1-3H3,(H,33,37)/t29-/m0/s1. The van der Waals surface area contributed by atoms with E-state index in [4.69, 9.17) is 11.6 Å². The Balaban J connectivity index is 1.87. The molecule has 7 nitrogen and oxygen atoms in total. The van der Waals surface area contributed by atoms with Crippen molar-refractivity contribution >= 4 is 39.1 Å². The maximum atomic E-state index is 13.8. The number of rotatable bonds is 14. The molecule has 0 aliphatic heterocycles. The number of carbonyl (C=O) groups is 2. The highest BCUT2D eigenvalue weighted by Crippen LogP contribution is 2.22. The van der Waals surface area contributed by atoms with Gasteiger partial charge in [0.1, 0.15) is 6.04 Å². The number of halogens is 1. The van der Waals surface area contributed by atoms with Crippen LogP contribution in [0.25, 0.3) is 0 Å². The first-order chi connectivity index (χ1) is 19.1. The van der Waals surface area contributed by atoms with E-state index in [1.165, 1.54) is 4.31 Å². The Morgan fingerprint density at radius 1 is 0.950 bits per heavy atom. The SMILES string of the molecule is CCCNC(=O)[C@H](Cc1ccccc1)N(Cc1cccc(Cl)c1)C(=O)CCCN(c1cccc(C)c1)S(C)(=O)=O. The van der Waals surface area contributed by atoms with Gasteiger partial charge in [0.15, 0.2) is 0 Å². The molecule has 0 fully saturated rings. The van der Waals surface area contributed by atoms with E-state index in [1.807, 2.05) is 74.5 Å². The fraction of sp³-hybridized carbons (Fsp3) is 0.355. The molecule has 3 rings (SSSR count). The van der Waals surface area contributed by atoms with Gasteiger partial charge in [0.05, 0.1) is 11.9 Å². The Morgan fingerprint density at radius 3 is 2.30 bits per heavy atom. The van der Waals surface area contributed by atoms with E-state index >= 15 is 0 Å². The number of aryl methyl sites for hydroxylation is 1. The van der Waals surface area contributed by atoms with Crippen molar-refractivity contribution in [2.45, 2.75) is 52.1 Å². The summed E-state index contributed by atoms with van der Waals surface area (Å²) in [4.78, 5) is 28.8. The molecule has 0 unspecified atom stereocenters. The molecule has 9 heteroatoms. The smallest absolute Gasteiger partial charge is 0.243 e. The lowest BCUT2D eigenvalue weighted by Crippen LogP contribution is -2.50. The van der Waals surface area contributed by atoms with Gasteiger partial charge in [-0.3, -0.25) is 13.9 Å². The normalized spacial score (nSPS) is 12.0. The average Bonchev–Trinajstić information content (AvgIpc) is 2.91. The molecule has 1 atom stereocenters. The van der Waals surface area contributed by atoms with Crippen LogP contribution in [0.4, 0.5) is 5.69 Å². The Morgan fingerprint density at radius 2 is 1.65 bits per heavy atom. The lowest BCUT2D eigenvalue weighted by molar-refractivity contribution is -0.141. The Bertz CT molecular complexity index is 1380. The summed E-state index contributed by atoms with van der Waals surface area (Å²) in [5.41, 5.74) is 3.24. The van der Waals surface area contributed by atoms with Gasteiger partial charge in [-0.15, -0.1) is 0 Å². The average molecular weight is 584 g/mol. The van der Waals surface area contributed by atoms with Crippen molar-refractivity contribution in [1.82, 2.24) is 10.2 Å². The molecular weight excluding hydrogens is 546 g/mol. The number of hydrogen-bond acceptors (Lipinski definition) is 4. The second kappa shape index (κ2) is 14.9. The molecular formula is C31H38ClN3O4S. The number of nitrogens with zero attached hydrogens (tertiary/aromatic N) is 2. The van der Waals surface area contributed by atoms with Crippen LogP contribution >= 0.6 is 11.6 Å². The van der Waals surface area contributed by atoms with E-state index in [2.05, 4.69) is 5.32 Å². The molecule has 0 saturated carbocycles. The first-order valence-electron chi connectivity index (χ1n) is 13.5. The third-order valence-electron chi connectivity index (χ3n) is 6.50. The van der Waals surface area contributed by atoms with Gasteiger partial charge in [0.2, 0.25) is 21.8 Å². The number of amides is 2. The van der Waals surface area contributed by atoms with Gasteiger partial charge in [0, 0.05) is 37.5 Å². The molecule has 0 spiro atoms. The van der Waals surface area contributed by atoms with Gasteiger partial charge in [-0.1, -0.05) is 73.1 Å². The van der Waals surface area contributed by atoms with Crippen LogP contribution in [0.1, 0.15) is 42.9 Å². The van der Waals surface area contributed by atoms with Crippen LogP contribution in [0.2, 0.25) is 5.02 Å². The zero-order valence-electron chi connectivity index (χ0n) is 23.3. The van der Waals surface area contributed by atoms with E-state index in [1.54, 1.807) is 23.1 Å². The Hall–Kier alpha value is -3.36. The zero-order chi connectivity index (χ0) is 29.1. The minimum atomic E-state index is -3.56. The molecule has 0 heterocycles. The third-order valence-corrected chi connectivity index (χ3v) is 7.93. The van der Waals surface area contributed by atoms with Crippen LogP contribution in [0.5, 0.6) is 0 Å². The van der Waals surface area contributed by atoms with Gasteiger partial charge < -0.3 is 10.2 Å². The van der Waals surface area contributed by atoms with E-state index in [9.17, 15) is 18.0 Å². The van der Waals surface area contributed by atoms with Crippen molar-refractivity contribution in [2.24, 2.45) is 0 Å². The lowest BCUT2D eigenvalue weighted by Gasteiger charge is -2.32. The van der Waals surface area contributed by atoms with Crippen molar-refractivity contribution in [3.05, 3.63) is 101 Å². The Kier molecular flexibility index (Phi) is 11.6. The van der Waals surface area contributed by atoms with Crippen molar-refractivity contribution < 1.29 is 18.0 Å². The third kappa shape index (κ3) is 9.38. The molecule has 214 valence electrons.